The number of hydrogen-bond donors (Lipinski definition) is 12. The van der Waals surface area contributed by atoms with E-state index < -0.39 is 124 Å². The van der Waals surface area contributed by atoms with Crippen LogP contribution in [0.25, 0.3) is 0 Å². The molecule has 0 spiro atoms. The minimum absolute atomic E-state index is 0.236. The molecule has 0 aromatic carbocycles. The summed E-state index contributed by atoms with van der Waals surface area (Å²) in [6.07, 6.45) is 35.2. The zero-order valence-electron chi connectivity index (χ0n) is 54.9. The van der Waals surface area contributed by atoms with Crippen LogP contribution in [0.1, 0.15) is 258 Å². The maximum atomic E-state index is 13.4. The molecule has 0 saturated carbocycles. The molecule has 12 N–H and O–H groups in total. The van der Waals surface area contributed by atoms with Gasteiger partial charge in [0.1, 0.15) is 73.2 Å². The molecule has 3 saturated heterocycles. The Hall–Kier alpha value is -2.25. The zero-order chi connectivity index (χ0) is 64.7. The number of rotatable bonds is 54. The van der Waals surface area contributed by atoms with Crippen molar-refractivity contribution < 1.29 is 89.4 Å². The fourth-order valence-electron chi connectivity index (χ4n) is 11.8. The van der Waals surface area contributed by atoms with Crippen LogP contribution in [0, 0.1) is 0 Å². The highest BCUT2D eigenvalue weighted by atomic mass is 16.8. The van der Waals surface area contributed by atoms with Gasteiger partial charge in [-0.25, -0.2) is 0 Å². The Morgan fingerprint density at radius 3 is 1.19 bits per heavy atom. The number of aliphatic hydroxyl groups excluding tert-OH is 11. The molecule has 0 bridgehead atoms. The number of ether oxygens (including phenoxy) is 6. The molecule has 89 heavy (non-hydrogen) atoms. The lowest BCUT2D eigenvalue weighted by Crippen LogP contribution is -2.66. The molecular weight excluding hydrogens is 1140 g/mol. The van der Waals surface area contributed by atoms with Gasteiger partial charge in [0.2, 0.25) is 5.91 Å². The Bertz CT molecular complexity index is 1800. The van der Waals surface area contributed by atoms with Crippen LogP contribution in [-0.4, -0.2) is 193 Å². The molecule has 17 unspecified atom stereocenters. The van der Waals surface area contributed by atoms with E-state index in [4.69, 9.17) is 28.4 Å². The maximum Gasteiger partial charge on any atom is 0.220 e. The third-order valence-corrected chi connectivity index (χ3v) is 17.6. The molecule has 0 aromatic heterocycles. The van der Waals surface area contributed by atoms with Crippen LogP contribution >= 0.6 is 0 Å². The lowest BCUT2D eigenvalue weighted by atomic mass is 9.96. The first-order valence-corrected chi connectivity index (χ1v) is 35.4. The number of carbonyl (C=O) groups is 1. The molecule has 0 aromatic rings. The molecule has 3 heterocycles. The van der Waals surface area contributed by atoms with Crippen molar-refractivity contribution in [1.29, 1.82) is 0 Å². The molecule has 19 heteroatoms. The largest absolute Gasteiger partial charge is 0.394 e. The van der Waals surface area contributed by atoms with Gasteiger partial charge in [-0.1, -0.05) is 236 Å². The van der Waals surface area contributed by atoms with E-state index in [9.17, 15) is 61.0 Å². The minimum Gasteiger partial charge on any atom is -0.394 e. The molecule has 3 aliphatic heterocycles. The molecule has 17 atom stereocenters. The fourth-order valence-corrected chi connectivity index (χ4v) is 11.8. The number of allylic oxidation sites excluding steroid dienone is 7. The van der Waals surface area contributed by atoms with Crippen LogP contribution in [0.3, 0.4) is 0 Å². The third-order valence-electron chi connectivity index (χ3n) is 17.6. The van der Waals surface area contributed by atoms with Gasteiger partial charge in [-0.05, 0) is 64.2 Å². The van der Waals surface area contributed by atoms with Crippen LogP contribution in [0.2, 0.25) is 0 Å². The Balaban J connectivity index is 1.42. The van der Waals surface area contributed by atoms with Crippen LogP contribution in [0.5, 0.6) is 0 Å². The predicted octanol–water partition coefficient (Wildman–Crippen LogP) is 9.39. The third kappa shape index (κ3) is 34.1. The van der Waals surface area contributed by atoms with Crippen molar-refractivity contribution in [3.63, 3.8) is 0 Å². The Kier molecular flexibility index (Phi) is 47.4. The first kappa shape index (κ1) is 81.0. The summed E-state index contributed by atoms with van der Waals surface area (Å²) in [7, 11) is 0. The first-order valence-electron chi connectivity index (χ1n) is 35.4. The van der Waals surface area contributed by atoms with Gasteiger partial charge < -0.3 is 89.9 Å². The highest BCUT2D eigenvalue weighted by molar-refractivity contribution is 5.76. The Morgan fingerprint density at radius 2 is 0.753 bits per heavy atom. The predicted molar refractivity (Wildman–Crippen MR) is 346 cm³/mol. The second-order valence-corrected chi connectivity index (χ2v) is 25.3. The number of hydrogen-bond acceptors (Lipinski definition) is 18. The topological polar surface area (TPSA) is 307 Å². The zero-order valence-corrected chi connectivity index (χ0v) is 54.9. The molecule has 0 radical (unpaired) electrons. The SMILES string of the molecule is CCCCCCC/C=C\C/C=C\CCCCCCCCCCCCCCCCCC(=O)NC(COC1OC(CO)C(OC2OC(CO)C(OC3OC(CO)C(O)C(O)C3O)C(O)C2O)C(O)C1O)C(O)/C=C/CC/C=C/CCCCCCCCCCCCC. The quantitative estimate of drug-likeness (QED) is 0.0199. The van der Waals surface area contributed by atoms with E-state index in [1.165, 1.54) is 180 Å². The number of carbonyl (C=O) groups excluding carboxylic acids is 1. The van der Waals surface area contributed by atoms with E-state index >= 15 is 0 Å². The van der Waals surface area contributed by atoms with Gasteiger partial charge in [-0.2, -0.15) is 0 Å². The number of nitrogens with one attached hydrogen (secondary N) is 1. The summed E-state index contributed by atoms with van der Waals surface area (Å²) in [4.78, 5) is 13.4. The van der Waals surface area contributed by atoms with Crippen LogP contribution in [0.4, 0.5) is 0 Å². The second-order valence-electron chi connectivity index (χ2n) is 25.3. The molecule has 3 rings (SSSR count). The summed E-state index contributed by atoms with van der Waals surface area (Å²) < 4.78 is 34.3. The molecule has 3 fully saturated rings. The van der Waals surface area contributed by atoms with E-state index in [-0.39, 0.29) is 18.9 Å². The minimum atomic E-state index is -1.98. The molecule has 0 aliphatic carbocycles. The summed E-state index contributed by atoms with van der Waals surface area (Å²) in [5.41, 5.74) is 0. The number of amides is 1. The summed E-state index contributed by atoms with van der Waals surface area (Å²) >= 11 is 0. The number of unbranched alkanes of at least 4 members (excludes halogenated alkanes) is 32. The van der Waals surface area contributed by atoms with E-state index in [2.05, 4.69) is 55.6 Å². The molecular formula is C70H127NO18. The number of aliphatic hydroxyl groups is 11. The first-order chi connectivity index (χ1) is 43.3. The molecule has 1 amide bonds. The molecule has 19 nitrogen and oxygen atoms in total. The molecule has 520 valence electrons. The maximum absolute atomic E-state index is 13.4. The van der Waals surface area contributed by atoms with E-state index in [1.54, 1.807) is 6.08 Å². The monoisotopic (exact) mass is 1270 g/mol. The Morgan fingerprint density at radius 1 is 0.404 bits per heavy atom. The van der Waals surface area contributed by atoms with Crippen molar-refractivity contribution in [2.24, 2.45) is 0 Å². The van der Waals surface area contributed by atoms with E-state index in [1.807, 2.05) is 6.08 Å². The van der Waals surface area contributed by atoms with Gasteiger partial charge in [0.15, 0.2) is 18.9 Å². The van der Waals surface area contributed by atoms with Crippen molar-refractivity contribution in [2.75, 3.05) is 26.4 Å². The van der Waals surface area contributed by atoms with Crippen LogP contribution in [-0.2, 0) is 33.2 Å². The van der Waals surface area contributed by atoms with Crippen molar-refractivity contribution in [2.45, 2.75) is 362 Å². The van der Waals surface area contributed by atoms with E-state index in [0.29, 0.717) is 12.8 Å². The smallest absolute Gasteiger partial charge is 0.220 e. The van der Waals surface area contributed by atoms with Crippen LogP contribution < -0.4 is 5.32 Å². The lowest BCUT2D eigenvalue weighted by Gasteiger charge is -2.48. The average Bonchev–Trinajstić information content (AvgIpc) is 2.46. The standard InChI is InChI=1S/C70H127NO18/c1-3-5-7-9-11-13-15-17-19-21-22-23-24-25-26-27-28-29-30-32-34-36-38-40-42-44-46-48-58(76)71-53(54(75)47-45-43-41-39-37-35-33-31-20-18-16-14-12-10-8-6-4-2)52-84-68-64(82)61(79)66(56(50-73)86-68)89-70-65(83)62(80)67(57(51-74)87-70)88-69-63(81)60(78)59(77)55(49-72)85-69/h15,17,21-22,37,39,45,47,53-57,59-70,72-75,77-83H,3-14,16,18-20,23-36,38,40-44,46,48-52H2,1-2H3,(H,71,76)/b17-15-,22-21-,39-37+,47-45+. The average molecular weight is 1270 g/mol. The van der Waals surface area contributed by atoms with Gasteiger partial charge in [-0.3, -0.25) is 4.79 Å². The highest BCUT2D eigenvalue weighted by Crippen LogP contribution is 2.33. The fraction of sp³-hybridized carbons (Fsp3) is 0.871. The van der Waals surface area contributed by atoms with Gasteiger partial charge in [-0.15, -0.1) is 0 Å². The van der Waals surface area contributed by atoms with Crippen molar-refractivity contribution in [3.05, 3.63) is 48.6 Å². The van der Waals surface area contributed by atoms with Gasteiger partial charge in [0.05, 0.1) is 38.6 Å². The van der Waals surface area contributed by atoms with Gasteiger partial charge >= 0.3 is 0 Å². The van der Waals surface area contributed by atoms with Gasteiger partial charge in [0.25, 0.3) is 0 Å². The highest BCUT2D eigenvalue weighted by Gasteiger charge is 2.53. The summed E-state index contributed by atoms with van der Waals surface area (Å²) in [5.74, 6) is -0.284. The van der Waals surface area contributed by atoms with E-state index in [0.717, 1.165) is 44.9 Å². The lowest BCUT2D eigenvalue weighted by molar-refractivity contribution is -0.379. The van der Waals surface area contributed by atoms with Crippen LogP contribution in [0.15, 0.2) is 48.6 Å². The summed E-state index contributed by atoms with van der Waals surface area (Å²) in [6, 6.07) is -0.990. The second kappa shape index (κ2) is 52.1. The normalized spacial score (nSPS) is 28.5. The van der Waals surface area contributed by atoms with Crippen molar-refractivity contribution in [3.8, 4) is 0 Å². The summed E-state index contributed by atoms with van der Waals surface area (Å²) in [6.45, 7) is 1.72. The van der Waals surface area contributed by atoms with Crippen molar-refractivity contribution in [1.82, 2.24) is 5.32 Å². The van der Waals surface area contributed by atoms with Crippen molar-refractivity contribution >= 4 is 5.91 Å². The molecule has 3 aliphatic rings. The van der Waals surface area contributed by atoms with Gasteiger partial charge in [0, 0.05) is 6.42 Å². The Labute approximate surface area is 535 Å². The summed E-state index contributed by atoms with van der Waals surface area (Å²) in [5, 5.41) is 120.